The van der Waals surface area contributed by atoms with E-state index in [1.807, 2.05) is 0 Å². The number of nitrogens with two attached hydrogens (primary N) is 1. The van der Waals surface area contributed by atoms with E-state index in [4.69, 9.17) is 26.2 Å². The number of carbonyl (C=O) groups is 5. The molecule has 13 heteroatoms. The molecule has 1 amide bonds. The average Bonchev–Trinajstić information content (AvgIpc) is 1.90. The molecule has 0 bridgehead atoms. The number of amides is 1. The Bertz CT molecular complexity index is 1970. The third-order valence-electron chi connectivity index (χ3n) is 26.1. The minimum atomic E-state index is -0.713. The maximum absolute atomic E-state index is 10.8. The van der Waals surface area contributed by atoms with E-state index in [1.165, 1.54) is 128 Å². The van der Waals surface area contributed by atoms with Gasteiger partial charge in [-0.1, -0.05) is 195 Å². The van der Waals surface area contributed by atoms with Crippen molar-refractivity contribution >= 4 is 35.9 Å². The van der Waals surface area contributed by atoms with E-state index in [0.29, 0.717) is 49.1 Å². The number of hydrogen-bond acceptors (Lipinski definition) is 8. The van der Waals surface area contributed by atoms with Crippen LogP contribution in [-0.4, -0.2) is 75.9 Å². The molecular weight excluding hydrogens is 1160 g/mol. The molecule has 0 aromatic rings. The maximum atomic E-state index is 10.8. The van der Waals surface area contributed by atoms with Crippen molar-refractivity contribution in [2.75, 3.05) is 19.6 Å². The summed E-state index contributed by atoms with van der Waals surface area (Å²) in [5.41, 5.74) is 8.15. The van der Waals surface area contributed by atoms with Crippen LogP contribution in [0.3, 0.4) is 0 Å². The Balaban J connectivity index is 0.000000532. The van der Waals surface area contributed by atoms with Crippen molar-refractivity contribution in [3.05, 3.63) is 0 Å². The van der Waals surface area contributed by atoms with Crippen molar-refractivity contribution in [1.82, 2.24) is 5.32 Å². The van der Waals surface area contributed by atoms with E-state index in [2.05, 4.69) is 128 Å². The summed E-state index contributed by atoms with van der Waals surface area (Å²) >= 11 is 0. The summed E-state index contributed by atoms with van der Waals surface area (Å²) in [6.07, 6.45) is 43.9. The van der Waals surface area contributed by atoms with Crippen LogP contribution in [0.25, 0.3) is 0 Å². The standard InChI is InChI=1S/C11H21NO.C10H17NO.3C10H18O2.2C10H20.C9H17NO2/c1-4-11(8-12-10(3)13)6-5-9(2)7-11;1-3-10(7-11-8-12)5-4-9(2)6-10;3*1-3-10(7-9(11)12)5-4-8(2)6-10;2*1-4-10(5-2)7-6-9(3)8-10;1-7-2-3-9(4-7,6-10)5-8(11)12/h9H,4-8H2,1-3H3,(H,12,13);9H,3-7H2,1-2H3;3*8H,3-7H2,1-2H3,(H,11,12);2*9H,4-8H2,1-3H3;7H,2-6,10H2,1H3,(H,11,12)/t9-,11+;9-,10+;2*8-,10+;8-,10-;2*9-;7-,9+/m11111111/s1. The number of carboxylic acid groups (broad SMARTS) is 4. The van der Waals surface area contributed by atoms with Gasteiger partial charge in [0.15, 0.2) is 0 Å². The van der Waals surface area contributed by atoms with Gasteiger partial charge < -0.3 is 31.5 Å². The molecule has 0 saturated heterocycles. The second-order valence-electron chi connectivity index (χ2n) is 33.8. The van der Waals surface area contributed by atoms with E-state index >= 15 is 0 Å². The van der Waals surface area contributed by atoms with Gasteiger partial charge >= 0.3 is 23.9 Å². The number of aliphatic carboxylic acids is 4. The summed E-state index contributed by atoms with van der Waals surface area (Å²) in [6.45, 7) is 42.1. The first-order valence-electron chi connectivity index (χ1n) is 38.4. The lowest BCUT2D eigenvalue weighted by molar-refractivity contribution is -0.140. The number of aliphatic imine (C=N–C) groups is 1. The van der Waals surface area contributed by atoms with Crippen molar-refractivity contribution in [3.8, 4) is 0 Å². The molecule has 0 heterocycles. The normalized spacial score (nSPS) is 34.0. The van der Waals surface area contributed by atoms with Crippen molar-refractivity contribution in [1.29, 1.82) is 0 Å². The van der Waals surface area contributed by atoms with Crippen LogP contribution in [0.4, 0.5) is 0 Å². The van der Waals surface area contributed by atoms with E-state index in [9.17, 15) is 28.8 Å². The first kappa shape index (κ1) is 87.7. The predicted molar refractivity (Wildman–Crippen MR) is 386 cm³/mol. The Morgan fingerprint density at radius 1 is 0.366 bits per heavy atom. The number of nitrogens with zero attached hydrogens (tertiary/aromatic N) is 1. The van der Waals surface area contributed by atoms with Gasteiger partial charge in [0.2, 0.25) is 12.0 Å². The fourth-order valence-electron chi connectivity index (χ4n) is 19.0. The van der Waals surface area contributed by atoms with E-state index in [-0.39, 0.29) is 34.0 Å². The molecule has 8 aliphatic carbocycles. The molecule has 0 aromatic heterocycles. The van der Waals surface area contributed by atoms with Gasteiger partial charge in [-0.25, -0.2) is 9.79 Å². The van der Waals surface area contributed by atoms with Gasteiger partial charge in [0, 0.05) is 13.5 Å². The van der Waals surface area contributed by atoms with Gasteiger partial charge in [0.25, 0.3) is 0 Å². The summed E-state index contributed by atoms with van der Waals surface area (Å²) in [7, 11) is 0. The second kappa shape index (κ2) is 42.5. The highest BCUT2D eigenvalue weighted by Gasteiger charge is 2.42. The average molecular weight is 1310 g/mol. The molecule has 0 spiro atoms. The number of rotatable bonds is 22. The van der Waals surface area contributed by atoms with Gasteiger partial charge in [-0.3, -0.25) is 24.0 Å². The first-order chi connectivity index (χ1) is 43.6. The van der Waals surface area contributed by atoms with Crippen LogP contribution >= 0.6 is 0 Å². The topological polar surface area (TPSA) is 234 Å². The van der Waals surface area contributed by atoms with Crippen molar-refractivity contribution < 1.29 is 49.2 Å². The van der Waals surface area contributed by atoms with Crippen LogP contribution in [0.2, 0.25) is 0 Å². The number of isocyanates is 1. The maximum Gasteiger partial charge on any atom is 0.303 e. The third kappa shape index (κ3) is 31.4. The summed E-state index contributed by atoms with van der Waals surface area (Å²) in [5, 5.41) is 37.9. The molecule has 14 atom stereocenters. The summed E-state index contributed by atoms with van der Waals surface area (Å²) in [5.74, 6) is 3.97. The number of carboxylic acids is 4. The molecule has 0 unspecified atom stereocenters. The molecule has 544 valence electrons. The second-order valence-corrected chi connectivity index (χ2v) is 33.8. The Labute approximate surface area is 570 Å². The summed E-state index contributed by atoms with van der Waals surface area (Å²) in [4.78, 5) is 67.0. The molecule has 0 radical (unpaired) electrons. The molecule has 8 fully saturated rings. The number of nitrogens with one attached hydrogen (secondary N) is 1. The molecule has 0 aliphatic heterocycles. The summed E-state index contributed by atoms with van der Waals surface area (Å²) in [6, 6.07) is 0. The quantitative estimate of drug-likeness (QED) is 0.0441. The largest absolute Gasteiger partial charge is 0.481 e. The van der Waals surface area contributed by atoms with E-state index in [0.717, 1.165) is 142 Å². The molecule has 8 aliphatic rings. The zero-order chi connectivity index (χ0) is 70.9. The molecule has 8 saturated carbocycles. The molecule has 13 nitrogen and oxygen atoms in total. The zero-order valence-corrected chi connectivity index (χ0v) is 63.7. The monoisotopic (exact) mass is 1310 g/mol. The van der Waals surface area contributed by atoms with Gasteiger partial charge in [0.05, 0.1) is 32.2 Å². The number of hydrogen-bond donors (Lipinski definition) is 6. The molecule has 8 rings (SSSR count). The fraction of sp³-hybridized carbons (Fsp3) is 0.925. The lowest BCUT2D eigenvalue weighted by Crippen LogP contribution is -2.34. The highest BCUT2D eigenvalue weighted by atomic mass is 16.4. The van der Waals surface area contributed by atoms with Gasteiger partial charge in [-0.2, -0.15) is 0 Å². The highest BCUT2D eigenvalue weighted by molar-refractivity contribution is 5.73. The minimum Gasteiger partial charge on any atom is -0.481 e. The zero-order valence-electron chi connectivity index (χ0n) is 63.7. The SMILES string of the molecule is CCC1(CC)CC[C@@H](C)C1.CCC1(CC)CC[C@@H](C)C1.CC[C@@]1(CC(=O)O)CC[C@@H](C)C1.CC[C@]1(CC(=O)O)CC[C@@H](C)C1.CC[C@]1(CC(=O)O)CC[C@@H](C)C1.CC[C@]1(CN=C=O)CC[C@@H](C)C1.CC[C@]1(CNC(C)=O)CC[C@@H](C)C1.C[C@@H]1CC[C@@](CN)(CC(=O)O)C1. The Morgan fingerprint density at radius 3 is 0.742 bits per heavy atom. The van der Waals surface area contributed by atoms with Gasteiger partial charge in [-0.05, 0) is 232 Å². The fourth-order valence-corrected chi connectivity index (χ4v) is 19.0. The molecule has 7 N–H and O–H groups in total. The number of carbonyl (C=O) groups excluding carboxylic acids is 2. The first-order valence-corrected chi connectivity index (χ1v) is 38.4. The lowest BCUT2D eigenvalue weighted by atomic mass is 9.79. The van der Waals surface area contributed by atoms with E-state index < -0.39 is 23.9 Å². The van der Waals surface area contributed by atoms with Crippen LogP contribution in [0, 0.1) is 90.7 Å². The van der Waals surface area contributed by atoms with Gasteiger partial charge in [-0.15, -0.1) is 0 Å². The lowest BCUT2D eigenvalue weighted by Gasteiger charge is -2.27. The Kier molecular flexibility index (Phi) is 40.1. The van der Waals surface area contributed by atoms with Crippen LogP contribution in [-0.2, 0) is 28.8 Å². The Hall–Kier alpha value is -3.31. The molecule has 93 heavy (non-hydrogen) atoms. The minimum absolute atomic E-state index is 0.0920. The Morgan fingerprint density at radius 2 is 0.570 bits per heavy atom. The van der Waals surface area contributed by atoms with Crippen LogP contribution in [0.5, 0.6) is 0 Å². The highest BCUT2D eigenvalue weighted by Crippen LogP contribution is 2.51. The van der Waals surface area contributed by atoms with Gasteiger partial charge in [0.1, 0.15) is 0 Å². The third-order valence-corrected chi connectivity index (χ3v) is 26.1. The molecule has 0 aromatic carbocycles. The van der Waals surface area contributed by atoms with Crippen LogP contribution < -0.4 is 11.1 Å². The molecular formula is C80H149N3O10. The van der Waals surface area contributed by atoms with Crippen LogP contribution in [0.1, 0.15) is 362 Å². The smallest absolute Gasteiger partial charge is 0.303 e. The van der Waals surface area contributed by atoms with Crippen LogP contribution in [0.15, 0.2) is 4.99 Å². The van der Waals surface area contributed by atoms with Crippen molar-refractivity contribution in [2.45, 2.75) is 362 Å². The van der Waals surface area contributed by atoms with Crippen molar-refractivity contribution in [2.24, 2.45) is 101 Å². The van der Waals surface area contributed by atoms with E-state index in [1.54, 1.807) is 13.0 Å². The summed E-state index contributed by atoms with van der Waals surface area (Å²) < 4.78 is 0. The van der Waals surface area contributed by atoms with Crippen molar-refractivity contribution in [3.63, 3.8) is 0 Å². The predicted octanol–water partition coefficient (Wildman–Crippen LogP) is 21.4.